The number of carbonyl (C=O) groups excluding carboxylic acids is 2. The number of halogens is 2. The molecule has 5 aromatic heterocycles. The number of amides is 2. The summed E-state index contributed by atoms with van der Waals surface area (Å²) in [4.78, 5) is 33.6. The van der Waals surface area contributed by atoms with Gasteiger partial charge in [0, 0.05) is 42.7 Å². The first-order chi connectivity index (χ1) is 16.2. The van der Waals surface area contributed by atoms with Crippen LogP contribution in [0.2, 0.25) is 0 Å². The Morgan fingerprint density at radius 3 is 2.65 bits per heavy atom. The summed E-state index contributed by atoms with van der Waals surface area (Å²) in [6.07, 6.45) is 2.01. The highest BCUT2D eigenvalue weighted by atomic mass is 32.1. The first-order valence-corrected chi connectivity index (χ1v) is 10.7. The minimum Gasteiger partial charge on any atom is -0.365 e. The van der Waals surface area contributed by atoms with E-state index in [-0.39, 0.29) is 21.1 Å². The maximum atomic E-state index is 13.6. The van der Waals surface area contributed by atoms with Crippen LogP contribution in [0.25, 0.3) is 27.0 Å². The molecule has 0 aromatic carbocycles. The number of nitrogens with zero attached hydrogens (tertiary/aromatic N) is 6. The van der Waals surface area contributed by atoms with Crippen LogP contribution >= 0.6 is 11.3 Å². The molecule has 0 aliphatic carbocycles. The highest BCUT2D eigenvalue weighted by Gasteiger charge is 2.26. The Labute approximate surface area is 194 Å². The molecule has 3 N–H and O–H groups in total. The molecule has 0 saturated heterocycles. The molecule has 0 fully saturated rings. The zero-order valence-electron chi connectivity index (χ0n) is 17.8. The normalized spacial score (nSPS) is 11.6. The molecule has 0 aliphatic rings. The Bertz CT molecular complexity index is 1570. The first-order valence-electron chi connectivity index (χ1n) is 9.90. The number of aromatic nitrogens is 6. The maximum Gasteiger partial charge on any atom is 0.280 e. The standard InChI is InChI=1S/C21H16F2N8O2S/c1-9-11(8-30(2)28-9)10-6-12(18(22)23)26-21-15(10)16(17(34-21)19(24)32)27-20(33)13-7-14-25-4-3-5-31(14)29-13/h3-8,18H,1-2H3,(H2,24,32)(H,27,33). The quantitative estimate of drug-likeness (QED) is 0.395. The van der Waals surface area contributed by atoms with E-state index in [1.54, 1.807) is 43.3 Å². The molecule has 0 radical (unpaired) electrons. The smallest absolute Gasteiger partial charge is 0.280 e. The van der Waals surface area contributed by atoms with Crippen molar-refractivity contribution in [3.63, 3.8) is 0 Å². The van der Waals surface area contributed by atoms with E-state index in [2.05, 4.69) is 25.5 Å². The number of aryl methyl sites for hydroxylation is 2. The van der Waals surface area contributed by atoms with Crippen LogP contribution in [-0.2, 0) is 7.05 Å². The zero-order valence-corrected chi connectivity index (χ0v) is 18.6. The van der Waals surface area contributed by atoms with Crippen LogP contribution in [0.4, 0.5) is 14.5 Å². The van der Waals surface area contributed by atoms with E-state index >= 15 is 0 Å². The number of thiophene rings is 1. The van der Waals surface area contributed by atoms with Gasteiger partial charge in [0.1, 0.15) is 15.4 Å². The molecule has 172 valence electrons. The molecule has 10 nitrogen and oxygen atoms in total. The molecule has 0 unspecified atom stereocenters. The predicted octanol–water partition coefficient (Wildman–Crippen LogP) is 3.34. The van der Waals surface area contributed by atoms with Gasteiger partial charge < -0.3 is 11.1 Å². The van der Waals surface area contributed by atoms with Gasteiger partial charge in [-0.25, -0.2) is 23.3 Å². The number of alkyl halides is 2. The molecular weight excluding hydrogens is 466 g/mol. The number of nitrogens with one attached hydrogen (secondary N) is 1. The molecule has 13 heteroatoms. The Morgan fingerprint density at radius 2 is 2.00 bits per heavy atom. The van der Waals surface area contributed by atoms with Crippen molar-refractivity contribution in [1.82, 2.24) is 29.4 Å². The van der Waals surface area contributed by atoms with E-state index in [0.717, 1.165) is 11.3 Å². The van der Waals surface area contributed by atoms with Gasteiger partial charge in [-0.15, -0.1) is 11.3 Å². The molecule has 5 heterocycles. The fourth-order valence-corrected chi connectivity index (χ4v) is 4.73. The number of hydrogen-bond donors (Lipinski definition) is 2. The fourth-order valence-electron chi connectivity index (χ4n) is 3.72. The molecule has 5 aromatic rings. The van der Waals surface area contributed by atoms with Crippen molar-refractivity contribution in [2.75, 3.05) is 5.32 Å². The summed E-state index contributed by atoms with van der Waals surface area (Å²) in [7, 11) is 1.70. The topological polar surface area (TPSA) is 133 Å². The van der Waals surface area contributed by atoms with Gasteiger partial charge in [0.2, 0.25) is 0 Å². The molecule has 0 spiro atoms. The summed E-state index contributed by atoms with van der Waals surface area (Å²) in [6, 6.07) is 4.38. The number of rotatable bonds is 5. The molecule has 34 heavy (non-hydrogen) atoms. The van der Waals surface area contributed by atoms with Gasteiger partial charge in [-0.05, 0) is 24.6 Å². The molecule has 5 rings (SSSR count). The summed E-state index contributed by atoms with van der Waals surface area (Å²) in [5.41, 5.74) is 7.16. The summed E-state index contributed by atoms with van der Waals surface area (Å²) < 4.78 is 30.2. The van der Waals surface area contributed by atoms with E-state index < -0.39 is 23.9 Å². The number of fused-ring (bicyclic) bond motifs is 2. The fraction of sp³-hybridized carbons (Fsp3) is 0.143. The number of nitrogens with two attached hydrogens (primary N) is 1. The van der Waals surface area contributed by atoms with E-state index in [1.165, 1.54) is 16.6 Å². The third kappa shape index (κ3) is 3.55. The molecule has 0 bridgehead atoms. The first kappa shape index (κ1) is 21.6. The predicted molar refractivity (Wildman–Crippen MR) is 121 cm³/mol. The molecule has 2 amide bonds. The van der Waals surface area contributed by atoms with Gasteiger partial charge in [0.15, 0.2) is 11.3 Å². The highest BCUT2D eigenvalue weighted by Crippen LogP contribution is 2.43. The summed E-state index contributed by atoms with van der Waals surface area (Å²) in [5, 5.41) is 11.5. The van der Waals surface area contributed by atoms with Crippen LogP contribution in [0, 0.1) is 6.92 Å². The van der Waals surface area contributed by atoms with E-state index in [9.17, 15) is 18.4 Å². The third-order valence-electron chi connectivity index (χ3n) is 5.14. The number of pyridine rings is 1. The lowest BCUT2D eigenvalue weighted by Crippen LogP contribution is -2.17. The monoisotopic (exact) mass is 482 g/mol. The minimum absolute atomic E-state index is 0.0213. The van der Waals surface area contributed by atoms with Crippen molar-refractivity contribution in [3.05, 3.63) is 58.7 Å². The summed E-state index contributed by atoms with van der Waals surface area (Å²) in [6.45, 7) is 1.73. The summed E-state index contributed by atoms with van der Waals surface area (Å²) in [5.74, 6) is -1.46. The maximum absolute atomic E-state index is 13.6. The van der Waals surface area contributed by atoms with Crippen LogP contribution < -0.4 is 11.1 Å². The van der Waals surface area contributed by atoms with Crippen LogP contribution in [0.15, 0.2) is 36.8 Å². The van der Waals surface area contributed by atoms with Crippen molar-refractivity contribution in [2.24, 2.45) is 12.8 Å². The van der Waals surface area contributed by atoms with Crippen LogP contribution in [0.5, 0.6) is 0 Å². The van der Waals surface area contributed by atoms with Gasteiger partial charge in [-0.3, -0.25) is 14.3 Å². The second-order valence-corrected chi connectivity index (χ2v) is 8.45. The lowest BCUT2D eigenvalue weighted by Gasteiger charge is -2.10. The van der Waals surface area contributed by atoms with Gasteiger partial charge in [-0.1, -0.05) is 0 Å². The minimum atomic E-state index is -2.84. The van der Waals surface area contributed by atoms with Gasteiger partial charge in [0.05, 0.1) is 11.4 Å². The van der Waals surface area contributed by atoms with Gasteiger partial charge in [-0.2, -0.15) is 10.2 Å². The second kappa shape index (κ2) is 7.95. The average molecular weight is 482 g/mol. The number of anilines is 1. The molecular formula is C21H16F2N8O2S. The number of primary amides is 1. The Hall–Kier alpha value is -4.26. The van der Waals surface area contributed by atoms with Crippen molar-refractivity contribution < 1.29 is 18.4 Å². The largest absolute Gasteiger partial charge is 0.365 e. The molecule has 0 atom stereocenters. The summed E-state index contributed by atoms with van der Waals surface area (Å²) >= 11 is 0.828. The Kier molecular flexibility index (Phi) is 5.05. The lowest BCUT2D eigenvalue weighted by atomic mass is 10.0. The van der Waals surface area contributed by atoms with E-state index in [1.807, 2.05) is 0 Å². The second-order valence-electron chi connectivity index (χ2n) is 7.45. The average Bonchev–Trinajstić information content (AvgIpc) is 3.47. The van der Waals surface area contributed by atoms with Gasteiger partial charge >= 0.3 is 0 Å². The van der Waals surface area contributed by atoms with Crippen molar-refractivity contribution >= 4 is 44.7 Å². The van der Waals surface area contributed by atoms with Gasteiger partial charge in [0.25, 0.3) is 18.2 Å². The van der Waals surface area contributed by atoms with Crippen molar-refractivity contribution in [2.45, 2.75) is 13.3 Å². The number of hydrogen-bond acceptors (Lipinski definition) is 7. The molecule has 0 aliphatic heterocycles. The Morgan fingerprint density at radius 1 is 1.21 bits per heavy atom. The van der Waals surface area contributed by atoms with Crippen molar-refractivity contribution in [1.29, 1.82) is 0 Å². The highest BCUT2D eigenvalue weighted by molar-refractivity contribution is 7.21. The third-order valence-corrected chi connectivity index (χ3v) is 6.24. The zero-order chi connectivity index (χ0) is 24.1. The van der Waals surface area contributed by atoms with Crippen molar-refractivity contribution in [3.8, 4) is 11.1 Å². The lowest BCUT2D eigenvalue weighted by molar-refractivity contribution is 0.100. The van der Waals surface area contributed by atoms with Crippen LogP contribution in [0.1, 0.15) is 38.0 Å². The van der Waals surface area contributed by atoms with E-state index in [0.29, 0.717) is 27.9 Å². The Balaban J connectivity index is 1.72. The molecule has 0 saturated carbocycles. The van der Waals surface area contributed by atoms with Crippen LogP contribution in [0.3, 0.4) is 0 Å². The SMILES string of the molecule is Cc1nn(C)cc1-c1cc(C(F)F)nc2sc(C(N)=O)c(NC(=O)c3cc4ncccn4n3)c12. The van der Waals surface area contributed by atoms with E-state index in [4.69, 9.17) is 5.73 Å². The van der Waals surface area contributed by atoms with Crippen LogP contribution in [-0.4, -0.2) is 41.2 Å². The number of carbonyl (C=O) groups is 2.